The van der Waals surface area contributed by atoms with Crippen LogP contribution >= 0.6 is 0 Å². The molecule has 0 saturated carbocycles. The van der Waals surface area contributed by atoms with Crippen molar-refractivity contribution < 1.29 is 0 Å². The summed E-state index contributed by atoms with van der Waals surface area (Å²) in [6.07, 6.45) is 11.5. The van der Waals surface area contributed by atoms with E-state index >= 15 is 0 Å². The lowest BCUT2D eigenvalue weighted by molar-refractivity contribution is 0.370. The fourth-order valence-corrected chi connectivity index (χ4v) is 3.81. The Bertz CT molecular complexity index is 1140. The lowest BCUT2D eigenvalue weighted by Crippen LogP contribution is -2.23. The van der Waals surface area contributed by atoms with Crippen molar-refractivity contribution in [3.63, 3.8) is 0 Å². The van der Waals surface area contributed by atoms with E-state index in [4.69, 9.17) is 0 Å². The highest BCUT2D eigenvalue weighted by atomic mass is 15.3. The molecule has 28 heavy (non-hydrogen) atoms. The van der Waals surface area contributed by atoms with Crippen molar-refractivity contribution in [2.75, 3.05) is 20.1 Å². The Morgan fingerprint density at radius 2 is 2.00 bits per heavy atom. The number of pyridine rings is 1. The Kier molecular flexibility index (Phi) is 4.29. The molecule has 1 N–H and O–H groups in total. The molecule has 0 radical (unpaired) electrons. The second-order valence-electron chi connectivity index (χ2n) is 7.48. The smallest absolute Gasteiger partial charge is 0.137 e. The molecule has 0 unspecified atom stereocenters. The van der Waals surface area contributed by atoms with E-state index in [1.807, 2.05) is 29.3 Å². The predicted octanol–water partition coefficient (Wildman–Crippen LogP) is 4.19. The highest BCUT2D eigenvalue weighted by Gasteiger charge is 2.14. The maximum atomic E-state index is 4.66. The van der Waals surface area contributed by atoms with E-state index in [1.165, 1.54) is 16.7 Å². The maximum Gasteiger partial charge on any atom is 0.137 e. The van der Waals surface area contributed by atoms with Crippen LogP contribution in [-0.4, -0.2) is 44.8 Å². The minimum Gasteiger partial charge on any atom is -0.346 e. The molecule has 0 amide bonds. The molecule has 0 bridgehead atoms. The Balaban J connectivity index is 1.47. The fourth-order valence-electron chi connectivity index (χ4n) is 3.81. The van der Waals surface area contributed by atoms with Crippen LogP contribution in [-0.2, 0) is 6.54 Å². The molecule has 0 spiro atoms. The van der Waals surface area contributed by atoms with Gasteiger partial charge in [0.25, 0.3) is 0 Å². The number of aromatic nitrogens is 4. The Labute approximate surface area is 164 Å². The van der Waals surface area contributed by atoms with E-state index in [0.29, 0.717) is 0 Å². The van der Waals surface area contributed by atoms with Gasteiger partial charge in [0.15, 0.2) is 0 Å². The van der Waals surface area contributed by atoms with Crippen molar-refractivity contribution in [3.05, 3.63) is 78.4 Å². The van der Waals surface area contributed by atoms with Crippen LogP contribution < -0.4 is 0 Å². The zero-order chi connectivity index (χ0) is 18.9. The number of hydrogen-bond acceptors (Lipinski definition) is 3. The molecule has 4 aromatic rings. The maximum absolute atomic E-state index is 4.66. The quantitative estimate of drug-likeness (QED) is 0.587. The summed E-state index contributed by atoms with van der Waals surface area (Å²) >= 11 is 0. The van der Waals surface area contributed by atoms with Crippen LogP contribution in [0.3, 0.4) is 0 Å². The Morgan fingerprint density at radius 3 is 2.82 bits per heavy atom. The van der Waals surface area contributed by atoms with Crippen molar-refractivity contribution in [2.45, 2.75) is 13.0 Å². The molecule has 3 aromatic heterocycles. The van der Waals surface area contributed by atoms with Crippen LogP contribution in [0.5, 0.6) is 0 Å². The molecule has 0 saturated heterocycles. The SMILES string of the molecule is CN1CC=C(c2cnc3[nH]cc(-c4cnn(Cc5ccccc5)c4)c3c2)CC1. The number of aromatic amines is 1. The normalized spacial score (nSPS) is 15.1. The summed E-state index contributed by atoms with van der Waals surface area (Å²) < 4.78 is 1.99. The van der Waals surface area contributed by atoms with Crippen molar-refractivity contribution in [1.29, 1.82) is 0 Å². The first kappa shape index (κ1) is 17.0. The first-order chi connectivity index (χ1) is 13.8. The molecule has 5 nitrogen and oxygen atoms in total. The molecule has 5 rings (SSSR count). The van der Waals surface area contributed by atoms with E-state index in [0.717, 1.165) is 48.2 Å². The van der Waals surface area contributed by atoms with Gasteiger partial charge in [-0.3, -0.25) is 4.68 Å². The molecule has 0 atom stereocenters. The van der Waals surface area contributed by atoms with E-state index in [9.17, 15) is 0 Å². The minimum absolute atomic E-state index is 0.771. The third-order valence-corrected chi connectivity index (χ3v) is 5.45. The molecule has 140 valence electrons. The summed E-state index contributed by atoms with van der Waals surface area (Å²) in [6, 6.07) is 12.7. The zero-order valence-electron chi connectivity index (χ0n) is 16.0. The average Bonchev–Trinajstić information content (AvgIpc) is 3.35. The molecule has 5 heteroatoms. The number of nitrogens with one attached hydrogen (secondary N) is 1. The van der Waals surface area contributed by atoms with Gasteiger partial charge >= 0.3 is 0 Å². The number of nitrogens with zero attached hydrogens (tertiary/aromatic N) is 4. The Morgan fingerprint density at radius 1 is 1.11 bits per heavy atom. The lowest BCUT2D eigenvalue weighted by atomic mass is 9.99. The van der Waals surface area contributed by atoms with Gasteiger partial charge in [-0.2, -0.15) is 5.10 Å². The third kappa shape index (κ3) is 3.25. The first-order valence-corrected chi connectivity index (χ1v) is 9.68. The van der Waals surface area contributed by atoms with Crippen LogP contribution in [0.4, 0.5) is 0 Å². The van der Waals surface area contributed by atoms with E-state index < -0.39 is 0 Å². The van der Waals surface area contributed by atoms with Crippen LogP contribution in [0.2, 0.25) is 0 Å². The summed E-state index contributed by atoms with van der Waals surface area (Å²) in [5, 5.41) is 5.71. The van der Waals surface area contributed by atoms with Gasteiger partial charge in [-0.15, -0.1) is 0 Å². The summed E-state index contributed by atoms with van der Waals surface area (Å²) in [6.45, 7) is 2.86. The third-order valence-electron chi connectivity index (χ3n) is 5.45. The molecular formula is C23H23N5. The summed E-state index contributed by atoms with van der Waals surface area (Å²) in [5.41, 5.74) is 7.03. The molecule has 0 fully saturated rings. The van der Waals surface area contributed by atoms with E-state index in [2.05, 4.69) is 69.6 Å². The molecular weight excluding hydrogens is 346 g/mol. The summed E-state index contributed by atoms with van der Waals surface area (Å²) in [5.74, 6) is 0. The molecule has 1 aromatic carbocycles. The predicted molar refractivity (Wildman–Crippen MR) is 113 cm³/mol. The van der Waals surface area contributed by atoms with Gasteiger partial charge in [0.1, 0.15) is 5.65 Å². The summed E-state index contributed by atoms with van der Waals surface area (Å²) in [7, 11) is 2.16. The van der Waals surface area contributed by atoms with Gasteiger partial charge in [-0.25, -0.2) is 4.98 Å². The number of benzene rings is 1. The van der Waals surface area contributed by atoms with Crippen LogP contribution in [0.25, 0.3) is 27.7 Å². The van der Waals surface area contributed by atoms with Crippen molar-refractivity contribution >= 4 is 16.6 Å². The van der Waals surface area contributed by atoms with Crippen LogP contribution in [0, 0.1) is 0 Å². The van der Waals surface area contributed by atoms with Gasteiger partial charge in [0, 0.05) is 48.2 Å². The van der Waals surface area contributed by atoms with Crippen LogP contribution in [0.15, 0.2) is 67.3 Å². The molecule has 4 heterocycles. The fraction of sp³-hybridized carbons (Fsp3) is 0.217. The monoisotopic (exact) mass is 369 g/mol. The zero-order valence-corrected chi connectivity index (χ0v) is 16.0. The largest absolute Gasteiger partial charge is 0.346 e. The number of rotatable bonds is 4. The second kappa shape index (κ2) is 7.09. The van der Waals surface area contributed by atoms with Crippen molar-refractivity contribution in [2.24, 2.45) is 0 Å². The van der Waals surface area contributed by atoms with E-state index in [-0.39, 0.29) is 0 Å². The summed E-state index contributed by atoms with van der Waals surface area (Å²) in [4.78, 5) is 10.3. The van der Waals surface area contributed by atoms with Gasteiger partial charge in [-0.05, 0) is 36.2 Å². The highest BCUT2D eigenvalue weighted by Crippen LogP contribution is 2.31. The second-order valence-corrected chi connectivity index (χ2v) is 7.48. The Hall–Kier alpha value is -3.18. The lowest BCUT2D eigenvalue weighted by Gasteiger charge is -2.21. The number of likely N-dealkylation sites (N-methyl/N-ethyl adjacent to an activating group) is 1. The highest BCUT2D eigenvalue weighted by molar-refractivity contribution is 5.95. The van der Waals surface area contributed by atoms with Crippen molar-refractivity contribution in [1.82, 2.24) is 24.6 Å². The number of fused-ring (bicyclic) bond motifs is 1. The standard InChI is InChI=1S/C23H23N5/c1-27-9-7-18(8-10-27)19-11-21-22(14-25-23(21)24-12-19)20-13-26-28(16-20)15-17-5-3-2-4-6-17/h2-7,11-14,16H,8-10,15H2,1H3,(H,24,25). The van der Waals surface area contributed by atoms with Gasteiger partial charge in [-0.1, -0.05) is 36.4 Å². The van der Waals surface area contributed by atoms with Gasteiger partial charge in [0.05, 0.1) is 12.7 Å². The van der Waals surface area contributed by atoms with Gasteiger partial charge < -0.3 is 9.88 Å². The first-order valence-electron chi connectivity index (χ1n) is 9.68. The minimum atomic E-state index is 0.771. The van der Waals surface area contributed by atoms with Crippen molar-refractivity contribution in [3.8, 4) is 11.1 Å². The topological polar surface area (TPSA) is 49.7 Å². The van der Waals surface area contributed by atoms with E-state index in [1.54, 1.807) is 0 Å². The van der Waals surface area contributed by atoms with Crippen LogP contribution in [0.1, 0.15) is 17.5 Å². The molecule has 0 aliphatic carbocycles. The molecule has 1 aliphatic heterocycles. The number of H-pyrrole nitrogens is 1. The number of hydrogen-bond donors (Lipinski definition) is 1. The average molecular weight is 369 g/mol. The molecule has 1 aliphatic rings. The van der Waals surface area contributed by atoms with Gasteiger partial charge in [0.2, 0.25) is 0 Å².